The number of aliphatic carboxylic acids is 2. The van der Waals surface area contributed by atoms with Crippen molar-refractivity contribution in [3.63, 3.8) is 0 Å². The van der Waals surface area contributed by atoms with Crippen LogP contribution in [-0.2, 0) is 20.9 Å². The molecule has 1 aliphatic rings. The molecule has 3 aromatic rings. The zero-order valence-electron chi connectivity index (χ0n) is 20.0. The van der Waals surface area contributed by atoms with Crippen molar-refractivity contribution < 1.29 is 38.7 Å². The molecule has 2 amide bonds. The summed E-state index contributed by atoms with van der Waals surface area (Å²) in [5, 5.41) is 18.2. The number of carbonyl (C=O) groups excluding carboxylic acids is 3. The molecule has 0 aliphatic carbocycles. The number of benzene rings is 2. The third kappa shape index (κ3) is 8.51. The van der Waals surface area contributed by atoms with Gasteiger partial charge in [-0.3, -0.25) is 20.0 Å². The molecule has 37 heavy (non-hydrogen) atoms. The molecule has 2 aromatic carbocycles. The molecule has 11 nitrogen and oxygen atoms in total. The summed E-state index contributed by atoms with van der Waals surface area (Å²) in [6.07, 6.45) is 1.51. The van der Waals surface area contributed by atoms with Gasteiger partial charge >= 0.3 is 5.97 Å². The van der Waals surface area contributed by atoms with E-state index in [1.54, 1.807) is 17.0 Å². The van der Waals surface area contributed by atoms with E-state index >= 15 is 0 Å². The number of hydrazine groups is 1. The number of carbonyl (C=O) groups is 4. The van der Waals surface area contributed by atoms with E-state index in [4.69, 9.17) is 24.2 Å². The molecule has 0 saturated carbocycles. The molecular weight excluding hydrogens is 480 g/mol. The first kappa shape index (κ1) is 27.0. The Bertz CT molecular complexity index is 1150. The van der Waals surface area contributed by atoms with Crippen LogP contribution in [0.3, 0.4) is 0 Å². The summed E-state index contributed by atoms with van der Waals surface area (Å²) >= 11 is 0. The average molecular weight is 509 g/mol. The molecule has 0 unspecified atom stereocenters. The van der Waals surface area contributed by atoms with Gasteiger partial charge in [0.15, 0.2) is 18.3 Å². The zero-order valence-corrected chi connectivity index (χ0v) is 20.0. The highest BCUT2D eigenvalue weighted by molar-refractivity contribution is 6.26. The van der Waals surface area contributed by atoms with E-state index in [0.29, 0.717) is 31.9 Å². The molecular formula is C26H28N4O7. The van der Waals surface area contributed by atoms with E-state index < -0.39 is 11.9 Å². The molecule has 0 atom stereocenters. The second-order valence-corrected chi connectivity index (χ2v) is 8.23. The number of rotatable bonds is 7. The summed E-state index contributed by atoms with van der Waals surface area (Å²) in [6.45, 7) is 3.61. The van der Waals surface area contributed by atoms with Crippen molar-refractivity contribution in [3.8, 4) is 0 Å². The van der Waals surface area contributed by atoms with Crippen molar-refractivity contribution in [2.75, 3.05) is 37.7 Å². The van der Waals surface area contributed by atoms with Gasteiger partial charge in [-0.1, -0.05) is 48.5 Å². The fourth-order valence-electron chi connectivity index (χ4n) is 3.75. The van der Waals surface area contributed by atoms with Crippen molar-refractivity contribution in [2.45, 2.75) is 6.54 Å². The smallest absolute Gasteiger partial charge is 0.351 e. The third-order valence-electron chi connectivity index (χ3n) is 5.59. The molecule has 1 saturated heterocycles. The monoisotopic (exact) mass is 508 g/mol. The van der Waals surface area contributed by atoms with Gasteiger partial charge in [0.25, 0.3) is 11.8 Å². The minimum atomic E-state index is -2.07. The molecule has 1 aliphatic heterocycles. The number of carboxylic acids is 2. The molecule has 194 valence electrons. The Morgan fingerprint density at radius 1 is 0.946 bits per heavy atom. The fraction of sp³-hybridized carbons (Fsp3) is 0.231. The lowest BCUT2D eigenvalue weighted by atomic mass is 10.2. The van der Waals surface area contributed by atoms with E-state index in [1.165, 1.54) is 6.26 Å². The second kappa shape index (κ2) is 13.4. The number of nitrogens with one attached hydrogen (secondary N) is 2. The van der Waals surface area contributed by atoms with Gasteiger partial charge in [0.05, 0.1) is 44.7 Å². The largest absolute Gasteiger partial charge is 0.539 e. The van der Waals surface area contributed by atoms with Crippen LogP contribution in [-0.4, -0.2) is 66.5 Å². The highest BCUT2D eigenvalue weighted by Gasteiger charge is 2.27. The minimum Gasteiger partial charge on any atom is -0.539 e. The van der Waals surface area contributed by atoms with E-state index in [1.807, 2.05) is 65.7 Å². The first-order chi connectivity index (χ1) is 17.8. The van der Waals surface area contributed by atoms with E-state index in [9.17, 15) is 9.59 Å². The van der Waals surface area contributed by atoms with Crippen LogP contribution < -0.4 is 20.4 Å². The minimum absolute atomic E-state index is 0.0411. The molecule has 11 heteroatoms. The highest BCUT2D eigenvalue weighted by Crippen LogP contribution is 2.14. The predicted octanol–water partition coefficient (Wildman–Crippen LogP) is -0.821. The molecule has 4 rings (SSSR count). The lowest BCUT2D eigenvalue weighted by molar-refractivity contribution is -0.896. The van der Waals surface area contributed by atoms with E-state index in [-0.39, 0.29) is 11.8 Å². The highest BCUT2D eigenvalue weighted by atomic mass is 16.4. The van der Waals surface area contributed by atoms with Crippen molar-refractivity contribution in [2.24, 2.45) is 0 Å². The molecule has 2 heterocycles. The summed E-state index contributed by atoms with van der Waals surface area (Å²) in [7, 11) is 0. The lowest BCUT2D eigenvalue weighted by Crippen LogP contribution is -3.16. The SMILES string of the molecule is O=C(C[NH+]1CCN(C(=O)c2ccco2)CC1)NN(Cc1ccccc1)c1ccccc1.O=C([O-])C(=O)O. The van der Waals surface area contributed by atoms with Crippen LogP contribution >= 0.6 is 0 Å². The van der Waals surface area contributed by atoms with Crippen molar-refractivity contribution in [1.29, 1.82) is 0 Å². The predicted molar refractivity (Wildman–Crippen MR) is 130 cm³/mol. The maximum Gasteiger partial charge on any atom is 0.351 e. The van der Waals surface area contributed by atoms with Gasteiger partial charge in [-0.05, 0) is 29.8 Å². The van der Waals surface area contributed by atoms with Gasteiger partial charge in [0.2, 0.25) is 0 Å². The number of piperazine rings is 1. The average Bonchev–Trinajstić information content (AvgIpc) is 3.45. The molecule has 0 spiro atoms. The van der Waals surface area contributed by atoms with Gasteiger partial charge in [0.1, 0.15) is 0 Å². The van der Waals surface area contributed by atoms with Gasteiger partial charge in [0, 0.05) is 0 Å². The summed E-state index contributed by atoms with van der Waals surface area (Å²) in [5.74, 6) is -3.78. The lowest BCUT2D eigenvalue weighted by Gasteiger charge is -2.32. The fourth-order valence-corrected chi connectivity index (χ4v) is 3.75. The molecule has 1 fully saturated rings. The van der Waals surface area contributed by atoms with Crippen LogP contribution in [0, 0.1) is 0 Å². The summed E-state index contributed by atoms with van der Waals surface area (Å²) in [6, 6.07) is 23.3. The third-order valence-corrected chi connectivity index (χ3v) is 5.59. The number of carboxylic acid groups (broad SMARTS) is 2. The van der Waals surface area contributed by atoms with E-state index in [0.717, 1.165) is 29.2 Å². The Morgan fingerprint density at radius 2 is 1.54 bits per heavy atom. The molecule has 3 N–H and O–H groups in total. The maximum absolute atomic E-state index is 12.8. The van der Waals surface area contributed by atoms with Crippen LogP contribution in [0.5, 0.6) is 0 Å². The quantitative estimate of drug-likeness (QED) is 0.277. The summed E-state index contributed by atoms with van der Waals surface area (Å²) in [4.78, 5) is 46.2. The summed E-state index contributed by atoms with van der Waals surface area (Å²) in [5.41, 5.74) is 5.11. The topological polar surface area (TPSA) is 148 Å². The zero-order chi connectivity index (χ0) is 26.6. The number of hydrogen-bond acceptors (Lipinski definition) is 7. The van der Waals surface area contributed by atoms with Crippen LogP contribution in [0.2, 0.25) is 0 Å². The van der Waals surface area contributed by atoms with Gasteiger partial charge in [-0.25, -0.2) is 4.79 Å². The molecule has 0 bridgehead atoms. The number of furan rings is 1. The number of hydrogen-bond donors (Lipinski definition) is 3. The van der Waals surface area contributed by atoms with Crippen LogP contribution in [0.4, 0.5) is 5.69 Å². The standard InChI is InChI=1S/C24H26N4O3.C2H2O4/c29-23(19-26-13-15-27(16-14-26)24(30)22-12-7-17-31-22)25-28(21-10-5-2-6-11-21)18-20-8-3-1-4-9-20;3-1(4)2(5)6/h1-12,17H,13-16,18-19H2,(H,25,29);(H,3,4)(H,5,6). The van der Waals surface area contributed by atoms with Gasteiger partial charge < -0.3 is 29.2 Å². The van der Waals surface area contributed by atoms with E-state index in [2.05, 4.69) is 5.43 Å². The number of amides is 2. The Kier molecular flexibility index (Phi) is 9.80. The van der Waals surface area contributed by atoms with Gasteiger partial charge in [-0.2, -0.15) is 0 Å². The number of quaternary nitrogens is 1. The van der Waals surface area contributed by atoms with Crippen molar-refractivity contribution >= 4 is 29.4 Å². The second-order valence-electron chi connectivity index (χ2n) is 8.23. The normalized spacial score (nSPS) is 13.1. The Balaban J connectivity index is 0.000000568. The van der Waals surface area contributed by atoms with Crippen LogP contribution in [0.1, 0.15) is 16.1 Å². The number of anilines is 1. The maximum atomic E-state index is 12.8. The summed E-state index contributed by atoms with van der Waals surface area (Å²) < 4.78 is 5.21. The van der Waals surface area contributed by atoms with Crippen molar-refractivity contribution in [1.82, 2.24) is 10.3 Å². The number of para-hydroxylation sites is 1. The van der Waals surface area contributed by atoms with Crippen LogP contribution in [0.15, 0.2) is 83.5 Å². The van der Waals surface area contributed by atoms with Crippen LogP contribution in [0.25, 0.3) is 0 Å². The Labute approximate surface area is 213 Å². The molecule has 1 aromatic heterocycles. The molecule has 0 radical (unpaired) electrons. The Morgan fingerprint density at radius 3 is 2.08 bits per heavy atom. The van der Waals surface area contributed by atoms with Gasteiger partial charge in [-0.15, -0.1) is 0 Å². The Hall–Kier alpha value is -4.64. The first-order valence-corrected chi connectivity index (χ1v) is 11.6. The van der Waals surface area contributed by atoms with Crippen molar-refractivity contribution in [3.05, 3.63) is 90.4 Å². The first-order valence-electron chi connectivity index (χ1n) is 11.6. The number of nitrogens with zero attached hydrogens (tertiary/aromatic N) is 2.